The first kappa shape index (κ1) is 19.2. The molecule has 1 fully saturated rings. The maximum atomic E-state index is 12.9. The molecule has 29 heavy (non-hydrogen) atoms. The van der Waals surface area contributed by atoms with Gasteiger partial charge in [0.15, 0.2) is 4.96 Å². The number of aromatic nitrogens is 2. The average Bonchev–Trinajstić information content (AvgIpc) is 3.20. The number of halogens is 1. The lowest BCUT2D eigenvalue weighted by atomic mass is 10.2. The molecule has 2 aromatic heterocycles. The van der Waals surface area contributed by atoms with Crippen LogP contribution in [0.15, 0.2) is 46.8 Å². The third-order valence-corrected chi connectivity index (χ3v) is 5.50. The Balaban J connectivity index is 1.33. The van der Waals surface area contributed by atoms with E-state index in [0.29, 0.717) is 36.8 Å². The fourth-order valence-electron chi connectivity index (χ4n) is 3.19. The minimum atomic E-state index is -0.373. The summed E-state index contributed by atoms with van der Waals surface area (Å²) < 4.78 is 14.3. The summed E-state index contributed by atoms with van der Waals surface area (Å²) in [6, 6.07) is 5.57. The number of anilines is 1. The molecule has 0 aliphatic carbocycles. The molecule has 1 saturated heterocycles. The first-order chi connectivity index (χ1) is 14.0. The number of carbonyl (C=O) groups excluding carboxylic acids is 2. The summed E-state index contributed by atoms with van der Waals surface area (Å²) in [6.45, 7) is 2.02. The summed E-state index contributed by atoms with van der Waals surface area (Å²) in [5.74, 6) is -0.919. The Bertz CT molecular complexity index is 1100. The molecule has 1 aromatic carbocycles. The predicted octanol–water partition coefficient (Wildman–Crippen LogP) is 1.29. The van der Waals surface area contributed by atoms with Crippen LogP contribution in [-0.2, 0) is 4.79 Å². The van der Waals surface area contributed by atoms with Gasteiger partial charge >= 0.3 is 0 Å². The molecule has 0 unspecified atom stereocenters. The second kappa shape index (κ2) is 8.10. The number of piperazine rings is 1. The number of hydrogen-bond acceptors (Lipinski definition) is 6. The molecule has 1 aliphatic heterocycles. The molecule has 150 valence electrons. The van der Waals surface area contributed by atoms with Gasteiger partial charge in [0.1, 0.15) is 11.4 Å². The normalized spacial score (nSPS) is 14.9. The van der Waals surface area contributed by atoms with Crippen molar-refractivity contribution in [1.29, 1.82) is 0 Å². The van der Waals surface area contributed by atoms with Crippen molar-refractivity contribution in [3.63, 3.8) is 0 Å². The second-order valence-corrected chi connectivity index (χ2v) is 7.53. The van der Waals surface area contributed by atoms with Crippen LogP contribution in [0.2, 0.25) is 0 Å². The molecule has 4 rings (SSSR count). The Morgan fingerprint density at radius 1 is 1.14 bits per heavy atom. The Hall–Kier alpha value is -3.11. The van der Waals surface area contributed by atoms with E-state index in [1.54, 1.807) is 16.5 Å². The van der Waals surface area contributed by atoms with Crippen LogP contribution in [-0.4, -0.2) is 63.7 Å². The Kier molecular flexibility index (Phi) is 5.36. The molecule has 8 nitrogen and oxygen atoms in total. The van der Waals surface area contributed by atoms with E-state index in [1.165, 1.54) is 46.2 Å². The molecule has 1 N–H and O–H groups in total. The van der Waals surface area contributed by atoms with E-state index in [0.717, 1.165) is 0 Å². The van der Waals surface area contributed by atoms with E-state index in [1.807, 2.05) is 4.90 Å². The lowest BCUT2D eigenvalue weighted by Gasteiger charge is -2.34. The van der Waals surface area contributed by atoms with Gasteiger partial charge in [-0.15, -0.1) is 11.3 Å². The highest BCUT2D eigenvalue weighted by atomic mass is 32.1. The number of fused-ring (bicyclic) bond motifs is 1. The van der Waals surface area contributed by atoms with Crippen LogP contribution < -0.4 is 10.9 Å². The van der Waals surface area contributed by atoms with Crippen molar-refractivity contribution in [1.82, 2.24) is 19.2 Å². The third-order valence-electron chi connectivity index (χ3n) is 4.73. The van der Waals surface area contributed by atoms with E-state index >= 15 is 0 Å². The third kappa shape index (κ3) is 4.17. The van der Waals surface area contributed by atoms with Crippen molar-refractivity contribution < 1.29 is 14.0 Å². The van der Waals surface area contributed by atoms with Gasteiger partial charge < -0.3 is 10.2 Å². The number of benzene rings is 1. The molecule has 3 heterocycles. The average molecular weight is 415 g/mol. The molecule has 0 radical (unpaired) electrons. The Morgan fingerprint density at radius 2 is 1.86 bits per heavy atom. The van der Waals surface area contributed by atoms with E-state index in [-0.39, 0.29) is 35.3 Å². The standard InChI is InChI=1S/C19H18FN5O3S/c20-13-1-3-14(4-2-13)22-16(26)12-23-5-7-24(8-6-23)17(27)15-11-21-19-25(18(15)28)9-10-29-19/h1-4,9-11H,5-8,12H2,(H,22,26). The fourth-order valence-corrected chi connectivity index (χ4v) is 3.86. The first-order valence-corrected chi connectivity index (χ1v) is 9.91. The first-order valence-electron chi connectivity index (χ1n) is 9.03. The zero-order chi connectivity index (χ0) is 20.4. The van der Waals surface area contributed by atoms with Crippen LogP contribution in [0.4, 0.5) is 10.1 Å². The highest BCUT2D eigenvalue weighted by Crippen LogP contribution is 2.11. The predicted molar refractivity (Wildman–Crippen MR) is 107 cm³/mol. The smallest absolute Gasteiger partial charge is 0.271 e. The van der Waals surface area contributed by atoms with E-state index in [2.05, 4.69) is 10.3 Å². The minimum absolute atomic E-state index is 0.0448. The second-order valence-electron chi connectivity index (χ2n) is 6.66. The molecule has 10 heteroatoms. The van der Waals surface area contributed by atoms with Crippen molar-refractivity contribution in [2.45, 2.75) is 0 Å². The number of nitrogens with one attached hydrogen (secondary N) is 1. The summed E-state index contributed by atoms with van der Waals surface area (Å²) in [5.41, 5.74) is 0.202. The van der Waals surface area contributed by atoms with Crippen molar-refractivity contribution in [3.8, 4) is 0 Å². The van der Waals surface area contributed by atoms with E-state index in [4.69, 9.17) is 0 Å². The van der Waals surface area contributed by atoms with Gasteiger partial charge in [0.2, 0.25) is 5.91 Å². The maximum Gasteiger partial charge on any atom is 0.271 e. The van der Waals surface area contributed by atoms with Gasteiger partial charge in [0, 0.05) is 49.6 Å². The number of amides is 2. The maximum absolute atomic E-state index is 12.9. The summed E-state index contributed by atoms with van der Waals surface area (Å²) >= 11 is 1.33. The molecule has 3 aromatic rings. The molecule has 0 spiro atoms. The van der Waals surface area contributed by atoms with Gasteiger partial charge in [0.05, 0.1) is 6.54 Å². The van der Waals surface area contributed by atoms with Crippen LogP contribution >= 0.6 is 11.3 Å². The lowest BCUT2D eigenvalue weighted by Crippen LogP contribution is -2.51. The van der Waals surface area contributed by atoms with Crippen molar-refractivity contribution in [2.75, 3.05) is 38.0 Å². The molecule has 1 aliphatic rings. The Morgan fingerprint density at radius 3 is 2.59 bits per heavy atom. The fraction of sp³-hybridized carbons (Fsp3) is 0.263. The monoisotopic (exact) mass is 415 g/mol. The topological polar surface area (TPSA) is 87.0 Å². The summed E-state index contributed by atoms with van der Waals surface area (Å²) in [4.78, 5) is 45.6. The van der Waals surface area contributed by atoms with Crippen molar-refractivity contribution >= 4 is 33.8 Å². The van der Waals surface area contributed by atoms with Crippen molar-refractivity contribution in [3.05, 3.63) is 63.8 Å². The lowest BCUT2D eigenvalue weighted by molar-refractivity contribution is -0.117. The molecular formula is C19H18FN5O3S. The van der Waals surface area contributed by atoms with Gasteiger partial charge in [-0.2, -0.15) is 0 Å². The highest BCUT2D eigenvalue weighted by molar-refractivity contribution is 7.15. The van der Waals surface area contributed by atoms with Crippen LogP contribution in [0.25, 0.3) is 4.96 Å². The summed E-state index contributed by atoms with van der Waals surface area (Å²) in [5, 5.41) is 4.46. The molecular weight excluding hydrogens is 397 g/mol. The van der Waals surface area contributed by atoms with Gasteiger partial charge in [-0.05, 0) is 24.3 Å². The number of thiazole rings is 1. The zero-order valence-corrected chi connectivity index (χ0v) is 16.2. The molecule has 0 bridgehead atoms. The Labute approximate surface area is 169 Å². The number of nitrogens with zero attached hydrogens (tertiary/aromatic N) is 4. The largest absolute Gasteiger partial charge is 0.336 e. The summed E-state index contributed by atoms with van der Waals surface area (Å²) in [7, 11) is 0. The van der Waals surface area contributed by atoms with Crippen LogP contribution in [0.3, 0.4) is 0 Å². The quantitative estimate of drug-likeness (QED) is 0.694. The van der Waals surface area contributed by atoms with Gasteiger partial charge in [-0.25, -0.2) is 9.37 Å². The number of carbonyl (C=O) groups is 2. The molecule has 2 amide bonds. The van der Waals surface area contributed by atoms with Crippen molar-refractivity contribution in [2.24, 2.45) is 0 Å². The summed E-state index contributed by atoms with van der Waals surface area (Å²) in [6.07, 6.45) is 2.93. The highest BCUT2D eigenvalue weighted by Gasteiger charge is 2.25. The van der Waals surface area contributed by atoms with Crippen LogP contribution in [0.5, 0.6) is 0 Å². The van der Waals surface area contributed by atoms with E-state index in [9.17, 15) is 18.8 Å². The van der Waals surface area contributed by atoms with Gasteiger partial charge in [-0.1, -0.05) is 0 Å². The SMILES string of the molecule is O=C(CN1CCN(C(=O)c2cnc3sccn3c2=O)CC1)Nc1ccc(F)cc1. The van der Waals surface area contributed by atoms with Crippen LogP contribution in [0, 0.1) is 5.82 Å². The zero-order valence-electron chi connectivity index (χ0n) is 15.4. The van der Waals surface area contributed by atoms with Crippen LogP contribution in [0.1, 0.15) is 10.4 Å². The number of hydrogen-bond donors (Lipinski definition) is 1. The van der Waals surface area contributed by atoms with E-state index < -0.39 is 0 Å². The molecule has 0 saturated carbocycles. The molecule has 0 atom stereocenters. The van der Waals surface area contributed by atoms with Gasteiger partial charge in [0.25, 0.3) is 11.5 Å². The van der Waals surface area contributed by atoms with Gasteiger partial charge in [-0.3, -0.25) is 23.7 Å². The number of rotatable bonds is 4. The minimum Gasteiger partial charge on any atom is -0.336 e.